The van der Waals surface area contributed by atoms with Gasteiger partial charge in [0, 0.05) is 18.1 Å². The van der Waals surface area contributed by atoms with Crippen molar-refractivity contribution in [2.45, 2.75) is 12.6 Å². The zero-order chi connectivity index (χ0) is 20.4. The Morgan fingerprint density at radius 3 is 2.72 bits per heavy atom. The van der Waals surface area contributed by atoms with Gasteiger partial charge < -0.3 is 10.2 Å². The van der Waals surface area contributed by atoms with Crippen LogP contribution in [0.3, 0.4) is 0 Å². The van der Waals surface area contributed by atoms with Gasteiger partial charge in [0.05, 0.1) is 12.7 Å². The highest BCUT2D eigenvalue weighted by molar-refractivity contribution is 6.31. The van der Waals surface area contributed by atoms with Crippen LogP contribution in [0.25, 0.3) is 0 Å². The average Bonchev–Trinajstić information content (AvgIpc) is 3.18. The van der Waals surface area contributed by atoms with Crippen LogP contribution in [0.4, 0.5) is 4.39 Å². The monoisotopic (exact) mass is 413 g/mol. The van der Waals surface area contributed by atoms with E-state index in [4.69, 9.17) is 11.6 Å². The Hall–Kier alpha value is -3.26. The van der Waals surface area contributed by atoms with E-state index in [-0.39, 0.29) is 11.6 Å². The molecule has 9 heteroatoms. The molecule has 1 N–H and O–H groups in total. The van der Waals surface area contributed by atoms with Gasteiger partial charge in [-0.25, -0.2) is 9.07 Å². The van der Waals surface area contributed by atoms with Crippen LogP contribution in [0.15, 0.2) is 54.7 Å². The zero-order valence-corrected chi connectivity index (χ0v) is 16.0. The van der Waals surface area contributed by atoms with Crippen molar-refractivity contribution in [1.82, 2.24) is 25.2 Å². The van der Waals surface area contributed by atoms with Crippen molar-refractivity contribution in [2.75, 3.05) is 13.1 Å². The lowest BCUT2D eigenvalue weighted by molar-refractivity contribution is -0.128. The normalized spacial score (nSPS) is 16.6. The molecule has 0 saturated carbocycles. The van der Waals surface area contributed by atoms with E-state index in [1.807, 2.05) is 18.2 Å². The van der Waals surface area contributed by atoms with Crippen molar-refractivity contribution >= 4 is 23.4 Å². The molecule has 1 aromatic heterocycles. The number of halogens is 2. The Morgan fingerprint density at radius 2 is 1.97 bits per heavy atom. The van der Waals surface area contributed by atoms with Gasteiger partial charge in [0.25, 0.3) is 5.91 Å². The number of hydrogen-bond donors (Lipinski definition) is 1. The predicted molar refractivity (Wildman–Crippen MR) is 104 cm³/mol. The molecule has 4 rings (SSSR count). The average molecular weight is 414 g/mol. The van der Waals surface area contributed by atoms with Gasteiger partial charge in [0.1, 0.15) is 11.9 Å². The maximum Gasteiger partial charge on any atom is 0.277 e. The third kappa shape index (κ3) is 3.97. The number of aromatic nitrogens is 3. The van der Waals surface area contributed by atoms with E-state index in [0.29, 0.717) is 30.2 Å². The Labute approximate surface area is 171 Å². The van der Waals surface area contributed by atoms with Gasteiger partial charge in [0.15, 0.2) is 5.69 Å². The molecule has 29 heavy (non-hydrogen) atoms. The summed E-state index contributed by atoms with van der Waals surface area (Å²) in [5.74, 6) is -1.15. The first-order chi connectivity index (χ1) is 14.0. The van der Waals surface area contributed by atoms with Crippen molar-refractivity contribution in [3.05, 3.63) is 82.4 Å². The van der Waals surface area contributed by atoms with E-state index < -0.39 is 17.8 Å². The fourth-order valence-corrected chi connectivity index (χ4v) is 3.48. The van der Waals surface area contributed by atoms with Gasteiger partial charge in [-0.15, -0.1) is 5.10 Å². The van der Waals surface area contributed by atoms with Crippen LogP contribution in [0.1, 0.15) is 27.7 Å². The van der Waals surface area contributed by atoms with E-state index in [2.05, 4.69) is 15.6 Å². The molecular weight excluding hydrogens is 397 g/mol. The smallest absolute Gasteiger partial charge is 0.277 e. The zero-order valence-electron chi connectivity index (χ0n) is 15.3. The molecule has 148 valence electrons. The van der Waals surface area contributed by atoms with Crippen molar-refractivity contribution in [3.8, 4) is 0 Å². The van der Waals surface area contributed by atoms with Crippen LogP contribution in [0, 0.1) is 5.82 Å². The molecule has 3 aromatic rings. The number of nitrogens with one attached hydrogen (secondary N) is 1. The molecule has 2 aromatic carbocycles. The standard InChI is InChI=1S/C20H17ClFN5O2/c21-16-4-2-1-3-14(16)11-26-12-17(24-25-26)20(29)27-10-9-23-19(28)18(27)13-5-7-15(22)8-6-13/h1-8,12,18H,9-11H2,(H,23,28)/t18-/m0/s1. The molecule has 0 unspecified atom stereocenters. The molecule has 1 fully saturated rings. The van der Waals surface area contributed by atoms with Gasteiger partial charge in [0.2, 0.25) is 5.91 Å². The number of rotatable bonds is 4. The fourth-order valence-electron chi connectivity index (χ4n) is 3.28. The van der Waals surface area contributed by atoms with E-state index in [1.165, 1.54) is 40.0 Å². The number of carbonyl (C=O) groups is 2. The molecule has 0 aliphatic carbocycles. The van der Waals surface area contributed by atoms with Crippen molar-refractivity contribution in [3.63, 3.8) is 0 Å². The summed E-state index contributed by atoms with van der Waals surface area (Å²) >= 11 is 6.17. The van der Waals surface area contributed by atoms with Crippen LogP contribution in [-0.4, -0.2) is 44.8 Å². The number of piperazine rings is 1. The second-order valence-electron chi connectivity index (χ2n) is 6.64. The minimum Gasteiger partial charge on any atom is -0.352 e. The van der Waals surface area contributed by atoms with Gasteiger partial charge in [-0.1, -0.05) is 47.1 Å². The van der Waals surface area contributed by atoms with Gasteiger partial charge in [-0.05, 0) is 29.3 Å². The SMILES string of the molecule is O=C1NCCN(C(=O)c2cn(Cc3ccccc3Cl)nn2)[C@H]1c1ccc(F)cc1. The minimum absolute atomic E-state index is 0.124. The molecule has 1 aliphatic rings. The molecule has 2 amide bonds. The predicted octanol–water partition coefficient (Wildman–Crippen LogP) is 2.43. The maximum absolute atomic E-state index is 13.3. The molecule has 1 aliphatic heterocycles. The molecule has 2 heterocycles. The lowest BCUT2D eigenvalue weighted by Gasteiger charge is -2.34. The molecule has 1 atom stereocenters. The van der Waals surface area contributed by atoms with E-state index in [0.717, 1.165) is 5.56 Å². The highest BCUT2D eigenvalue weighted by atomic mass is 35.5. The fraction of sp³-hybridized carbons (Fsp3) is 0.200. The molecule has 0 spiro atoms. The largest absolute Gasteiger partial charge is 0.352 e. The molecular formula is C20H17ClFN5O2. The van der Waals surface area contributed by atoms with Crippen molar-refractivity contribution in [1.29, 1.82) is 0 Å². The van der Waals surface area contributed by atoms with E-state index >= 15 is 0 Å². The van der Waals surface area contributed by atoms with Crippen molar-refractivity contribution in [2.24, 2.45) is 0 Å². The third-order valence-corrected chi connectivity index (χ3v) is 5.08. The number of nitrogens with zero attached hydrogens (tertiary/aromatic N) is 4. The van der Waals surface area contributed by atoms with Crippen molar-refractivity contribution < 1.29 is 14.0 Å². The Balaban J connectivity index is 1.57. The van der Waals surface area contributed by atoms with Crippen LogP contribution in [0.2, 0.25) is 5.02 Å². The molecule has 0 bridgehead atoms. The van der Waals surface area contributed by atoms with E-state index in [1.54, 1.807) is 6.07 Å². The van der Waals surface area contributed by atoms with Gasteiger partial charge in [-0.2, -0.15) is 0 Å². The van der Waals surface area contributed by atoms with Crippen LogP contribution in [-0.2, 0) is 11.3 Å². The highest BCUT2D eigenvalue weighted by Gasteiger charge is 2.35. The summed E-state index contributed by atoms with van der Waals surface area (Å²) in [5.41, 5.74) is 1.50. The Morgan fingerprint density at radius 1 is 1.21 bits per heavy atom. The van der Waals surface area contributed by atoms with Gasteiger partial charge in [-0.3, -0.25) is 9.59 Å². The van der Waals surface area contributed by atoms with Crippen LogP contribution in [0.5, 0.6) is 0 Å². The Kier molecular flexibility index (Phi) is 5.26. The summed E-state index contributed by atoms with van der Waals surface area (Å²) in [6.45, 7) is 1.00. The quantitative estimate of drug-likeness (QED) is 0.712. The summed E-state index contributed by atoms with van der Waals surface area (Å²) in [6, 6.07) is 12.0. The summed E-state index contributed by atoms with van der Waals surface area (Å²) < 4.78 is 14.8. The molecule has 7 nitrogen and oxygen atoms in total. The summed E-state index contributed by atoms with van der Waals surface area (Å²) in [7, 11) is 0. The van der Waals surface area contributed by atoms with Crippen LogP contribution >= 0.6 is 11.6 Å². The molecule has 1 saturated heterocycles. The second kappa shape index (κ2) is 8.00. The number of amides is 2. The lowest BCUT2D eigenvalue weighted by Crippen LogP contribution is -2.52. The summed E-state index contributed by atoms with van der Waals surface area (Å²) in [6.07, 6.45) is 1.53. The second-order valence-corrected chi connectivity index (χ2v) is 7.04. The minimum atomic E-state index is -0.856. The van der Waals surface area contributed by atoms with E-state index in [9.17, 15) is 14.0 Å². The maximum atomic E-state index is 13.3. The lowest BCUT2D eigenvalue weighted by atomic mass is 10.0. The topological polar surface area (TPSA) is 80.1 Å². The first kappa shape index (κ1) is 19.1. The number of benzene rings is 2. The number of carbonyl (C=O) groups excluding carboxylic acids is 2. The summed E-state index contributed by atoms with van der Waals surface area (Å²) in [4.78, 5) is 26.9. The van der Waals surface area contributed by atoms with Crippen LogP contribution < -0.4 is 5.32 Å². The molecule has 0 radical (unpaired) electrons. The third-order valence-electron chi connectivity index (χ3n) is 4.71. The van der Waals surface area contributed by atoms with Gasteiger partial charge >= 0.3 is 0 Å². The Bertz CT molecular complexity index is 1050. The first-order valence-corrected chi connectivity index (χ1v) is 9.38. The highest BCUT2D eigenvalue weighted by Crippen LogP contribution is 2.25. The first-order valence-electron chi connectivity index (χ1n) is 9.00. The number of hydrogen-bond acceptors (Lipinski definition) is 4. The summed E-state index contributed by atoms with van der Waals surface area (Å²) in [5, 5.41) is 11.3.